The van der Waals surface area contributed by atoms with Gasteiger partial charge in [0.2, 0.25) is 0 Å². The summed E-state index contributed by atoms with van der Waals surface area (Å²) < 4.78 is 1.95. The van der Waals surface area contributed by atoms with Crippen LogP contribution in [-0.4, -0.2) is 14.7 Å². The van der Waals surface area contributed by atoms with E-state index in [4.69, 9.17) is 18.0 Å². The summed E-state index contributed by atoms with van der Waals surface area (Å²) in [6.07, 6.45) is 1.76. The zero-order valence-corrected chi connectivity index (χ0v) is 8.29. The van der Waals surface area contributed by atoms with Gasteiger partial charge in [0.1, 0.15) is 0 Å². The van der Waals surface area contributed by atoms with Crippen LogP contribution < -0.4 is 11.1 Å². The molecule has 2 rings (SSSR count). The minimum atomic E-state index is 0.294. The molecule has 0 aliphatic heterocycles. The molecule has 0 saturated carbocycles. The molecule has 0 unspecified atom stereocenters. The first-order chi connectivity index (χ1) is 6.77. The van der Waals surface area contributed by atoms with Crippen LogP contribution >= 0.6 is 12.2 Å². The lowest BCUT2D eigenvalue weighted by Gasteiger charge is -2.05. The highest BCUT2D eigenvalue weighted by Crippen LogP contribution is 2.10. The Balaban J connectivity index is 2.29. The first kappa shape index (κ1) is 8.96. The molecule has 0 radical (unpaired) electrons. The van der Waals surface area contributed by atoms with Crippen molar-refractivity contribution < 1.29 is 0 Å². The van der Waals surface area contributed by atoms with E-state index in [9.17, 15) is 0 Å². The number of nitrogens with two attached hydrogens (primary N) is 1. The molecule has 2 aromatic rings. The number of thiocarbonyl (C=S) groups is 1. The van der Waals surface area contributed by atoms with Crippen molar-refractivity contribution in [1.29, 1.82) is 0 Å². The largest absolute Gasteiger partial charge is 0.376 e. The smallest absolute Gasteiger partial charge is 0.165 e. The van der Waals surface area contributed by atoms with Crippen molar-refractivity contribution in [1.82, 2.24) is 14.9 Å². The molecule has 1 heterocycles. The highest BCUT2D eigenvalue weighted by molar-refractivity contribution is 7.80. The molecule has 0 aliphatic rings. The van der Waals surface area contributed by atoms with Crippen LogP contribution in [0.25, 0.3) is 11.0 Å². The number of para-hydroxylation sites is 2. The monoisotopic (exact) mass is 206 g/mol. The Hall–Kier alpha value is -1.62. The van der Waals surface area contributed by atoms with Gasteiger partial charge >= 0.3 is 0 Å². The summed E-state index contributed by atoms with van der Waals surface area (Å²) in [6, 6.07) is 7.90. The van der Waals surface area contributed by atoms with Crippen LogP contribution in [0.5, 0.6) is 0 Å². The van der Waals surface area contributed by atoms with E-state index in [1.807, 2.05) is 28.8 Å². The lowest BCUT2D eigenvalue weighted by Crippen LogP contribution is -2.30. The lowest BCUT2D eigenvalue weighted by atomic mass is 10.3. The first-order valence-electron chi connectivity index (χ1n) is 4.20. The maximum atomic E-state index is 5.34. The molecule has 1 aromatic carbocycles. The zero-order chi connectivity index (χ0) is 9.97. The summed E-state index contributed by atoms with van der Waals surface area (Å²) >= 11 is 4.72. The van der Waals surface area contributed by atoms with E-state index >= 15 is 0 Å². The Morgan fingerprint density at radius 3 is 3.07 bits per heavy atom. The fourth-order valence-corrected chi connectivity index (χ4v) is 1.36. The van der Waals surface area contributed by atoms with E-state index < -0.39 is 0 Å². The molecule has 3 N–H and O–H groups in total. The van der Waals surface area contributed by atoms with Gasteiger partial charge in [-0.1, -0.05) is 12.1 Å². The number of nitrogens with zero attached hydrogens (tertiary/aromatic N) is 2. The maximum Gasteiger partial charge on any atom is 0.165 e. The van der Waals surface area contributed by atoms with Gasteiger partial charge in [-0.15, -0.1) is 0 Å². The molecule has 0 fully saturated rings. The Morgan fingerprint density at radius 2 is 2.29 bits per heavy atom. The van der Waals surface area contributed by atoms with Crippen LogP contribution in [0.15, 0.2) is 30.6 Å². The van der Waals surface area contributed by atoms with Gasteiger partial charge in [0, 0.05) is 0 Å². The Labute approximate surface area is 86.7 Å². The van der Waals surface area contributed by atoms with E-state index in [0.717, 1.165) is 11.0 Å². The van der Waals surface area contributed by atoms with Gasteiger partial charge in [0.25, 0.3) is 0 Å². The van der Waals surface area contributed by atoms with Gasteiger partial charge in [0.05, 0.1) is 24.0 Å². The minimum absolute atomic E-state index is 0.294. The second-order valence-electron chi connectivity index (χ2n) is 2.90. The van der Waals surface area contributed by atoms with Gasteiger partial charge in [-0.05, 0) is 24.4 Å². The van der Waals surface area contributed by atoms with Crippen LogP contribution in [-0.2, 0) is 6.67 Å². The number of hydrogen-bond acceptors (Lipinski definition) is 2. The molecule has 0 aliphatic carbocycles. The number of fused-ring (bicyclic) bond motifs is 1. The lowest BCUT2D eigenvalue weighted by molar-refractivity contribution is 0.685. The number of benzene rings is 1. The topological polar surface area (TPSA) is 55.9 Å². The van der Waals surface area contributed by atoms with Gasteiger partial charge in [-0.3, -0.25) is 0 Å². The van der Waals surface area contributed by atoms with Crippen molar-refractivity contribution in [2.45, 2.75) is 6.67 Å². The average molecular weight is 206 g/mol. The minimum Gasteiger partial charge on any atom is -0.376 e. The van der Waals surface area contributed by atoms with E-state index in [1.54, 1.807) is 6.33 Å². The predicted octanol–water partition coefficient (Wildman–Crippen LogP) is 0.827. The highest BCUT2D eigenvalue weighted by Gasteiger charge is 1.99. The number of hydrogen-bond donors (Lipinski definition) is 2. The van der Waals surface area contributed by atoms with E-state index in [1.165, 1.54) is 0 Å². The van der Waals surface area contributed by atoms with Crippen LogP contribution in [0.4, 0.5) is 0 Å². The molecule has 5 heteroatoms. The molecule has 4 nitrogen and oxygen atoms in total. The van der Waals surface area contributed by atoms with Crippen molar-refractivity contribution in [2.24, 2.45) is 5.73 Å². The fraction of sp³-hybridized carbons (Fsp3) is 0.111. The average Bonchev–Trinajstić information content (AvgIpc) is 2.58. The summed E-state index contributed by atoms with van der Waals surface area (Å²) in [7, 11) is 0. The quantitative estimate of drug-likeness (QED) is 0.714. The summed E-state index contributed by atoms with van der Waals surface area (Å²) in [5.74, 6) is 0. The molecule has 0 saturated heterocycles. The first-order valence-corrected chi connectivity index (χ1v) is 4.61. The maximum absolute atomic E-state index is 5.34. The van der Waals surface area contributed by atoms with Crippen LogP contribution in [0.1, 0.15) is 0 Å². The number of aromatic nitrogens is 2. The second kappa shape index (κ2) is 3.63. The number of nitrogens with one attached hydrogen (secondary N) is 1. The van der Waals surface area contributed by atoms with E-state index in [2.05, 4.69) is 10.3 Å². The van der Waals surface area contributed by atoms with Crippen molar-refractivity contribution in [3.8, 4) is 0 Å². The molecular formula is C9H10N4S. The molecule has 0 amide bonds. The van der Waals surface area contributed by atoms with Crippen molar-refractivity contribution in [3.63, 3.8) is 0 Å². The molecule has 0 spiro atoms. The highest BCUT2D eigenvalue weighted by atomic mass is 32.1. The summed E-state index contributed by atoms with van der Waals surface area (Å²) in [5, 5.41) is 3.17. The Kier molecular flexibility index (Phi) is 2.32. The number of rotatable bonds is 2. The zero-order valence-electron chi connectivity index (χ0n) is 7.47. The molecule has 1 aromatic heterocycles. The predicted molar refractivity (Wildman–Crippen MR) is 59.7 cm³/mol. The summed E-state index contributed by atoms with van der Waals surface area (Å²) in [4.78, 5) is 4.24. The van der Waals surface area contributed by atoms with Crippen LogP contribution in [0.3, 0.4) is 0 Å². The Morgan fingerprint density at radius 1 is 1.50 bits per heavy atom. The second-order valence-corrected chi connectivity index (χ2v) is 3.34. The van der Waals surface area contributed by atoms with E-state index in [0.29, 0.717) is 11.8 Å². The van der Waals surface area contributed by atoms with E-state index in [-0.39, 0.29) is 0 Å². The fourth-order valence-electron chi connectivity index (χ4n) is 1.30. The SMILES string of the molecule is NC(=S)NCn1cnc2ccccc21. The van der Waals surface area contributed by atoms with Gasteiger partial charge < -0.3 is 15.6 Å². The Bertz CT molecular complexity index is 463. The third kappa shape index (κ3) is 1.67. The normalized spacial score (nSPS) is 10.3. The molecule has 0 atom stereocenters. The van der Waals surface area contributed by atoms with Gasteiger partial charge in [0.15, 0.2) is 5.11 Å². The van der Waals surface area contributed by atoms with Crippen molar-refractivity contribution in [3.05, 3.63) is 30.6 Å². The molecule has 72 valence electrons. The third-order valence-corrected chi connectivity index (χ3v) is 2.10. The summed E-state index contributed by atoms with van der Waals surface area (Å²) in [6.45, 7) is 0.551. The molecule has 0 bridgehead atoms. The van der Waals surface area contributed by atoms with Crippen molar-refractivity contribution >= 4 is 28.4 Å². The summed E-state index contributed by atoms with van der Waals surface area (Å²) in [5.41, 5.74) is 7.38. The van der Waals surface area contributed by atoms with Crippen LogP contribution in [0, 0.1) is 0 Å². The van der Waals surface area contributed by atoms with Gasteiger partial charge in [-0.25, -0.2) is 4.98 Å². The third-order valence-electron chi connectivity index (χ3n) is 1.95. The molecule has 14 heavy (non-hydrogen) atoms. The molecular weight excluding hydrogens is 196 g/mol. The van der Waals surface area contributed by atoms with Crippen molar-refractivity contribution in [2.75, 3.05) is 0 Å². The standard InChI is InChI=1S/C9H10N4S/c10-9(14)12-6-13-5-11-7-3-1-2-4-8(7)13/h1-5H,6H2,(H3,10,12,14). The van der Waals surface area contributed by atoms with Gasteiger partial charge in [-0.2, -0.15) is 0 Å². The number of imidazole rings is 1. The van der Waals surface area contributed by atoms with Crippen LogP contribution in [0.2, 0.25) is 0 Å².